The SMILES string of the molecule is CCOc1ccc(OCCOC(=O)c2cccc(S(=O)(=O)N3CCCC3)c2)cc1. The highest BCUT2D eigenvalue weighted by molar-refractivity contribution is 7.89. The number of hydrogen-bond donors (Lipinski definition) is 0. The fourth-order valence-corrected chi connectivity index (χ4v) is 4.60. The highest BCUT2D eigenvalue weighted by Gasteiger charge is 2.27. The molecule has 0 atom stereocenters. The van der Waals surface area contributed by atoms with Crippen LogP contribution in [-0.4, -0.2) is 51.6 Å². The monoisotopic (exact) mass is 419 g/mol. The number of sulfonamides is 1. The van der Waals surface area contributed by atoms with Crippen molar-refractivity contribution in [1.82, 2.24) is 4.31 Å². The van der Waals surface area contributed by atoms with Crippen LogP contribution < -0.4 is 9.47 Å². The van der Waals surface area contributed by atoms with Gasteiger partial charge in [-0.15, -0.1) is 0 Å². The number of esters is 1. The third kappa shape index (κ3) is 5.48. The van der Waals surface area contributed by atoms with Crippen molar-refractivity contribution >= 4 is 16.0 Å². The molecule has 0 aromatic heterocycles. The third-order valence-corrected chi connectivity index (χ3v) is 6.39. The molecule has 156 valence electrons. The Morgan fingerprint density at radius 3 is 2.28 bits per heavy atom. The predicted molar refractivity (Wildman–Crippen MR) is 108 cm³/mol. The summed E-state index contributed by atoms with van der Waals surface area (Å²) in [6.07, 6.45) is 1.71. The van der Waals surface area contributed by atoms with E-state index < -0.39 is 16.0 Å². The van der Waals surface area contributed by atoms with E-state index in [0.29, 0.717) is 25.4 Å². The Morgan fingerprint density at radius 1 is 0.966 bits per heavy atom. The first-order valence-corrected chi connectivity index (χ1v) is 11.1. The van der Waals surface area contributed by atoms with Gasteiger partial charge < -0.3 is 14.2 Å². The summed E-state index contributed by atoms with van der Waals surface area (Å²) in [6, 6.07) is 13.1. The van der Waals surface area contributed by atoms with E-state index in [4.69, 9.17) is 14.2 Å². The lowest BCUT2D eigenvalue weighted by molar-refractivity contribution is 0.0450. The molecule has 0 aliphatic carbocycles. The molecular formula is C21H25NO6S. The van der Waals surface area contributed by atoms with E-state index in [1.54, 1.807) is 36.4 Å². The first-order valence-electron chi connectivity index (χ1n) is 9.63. The molecule has 1 saturated heterocycles. The Hall–Kier alpha value is -2.58. The Bertz CT molecular complexity index is 920. The fourth-order valence-electron chi connectivity index (χ4n) is 3.04. The van der Waals surface area contributed by atoms with Gasteiger partial charge in [-0.25, -0.2) is 13.2 Å². The molecule has 0 unspecified atom stereocenters. The van der Waals surface area contributed by atoms with Crippen molar-refractivity contribution < 1.29 is 27.4 Å². The summed E-state index contributed by atoms with van der Waals surface area (Å²) >= 11 is 0. The van der Waals surface area contributed by atoms with Crippen molar-refractivity contribution in [3.05, 3.63) is 54.1 Å². The summed E-state index contributed by atoms with van der Waals surface area (Å²) in [4.78, 5) is 12.4. The van der Waals surface area contributed by atoms with Gasteiger partial charge >= 0.3 is 5.97 Å². The Labute approximate surface area is 171 Å². The van der Waals surface area contributed by atoms with E-state index in [9.17, 15) is 13.2 Å². The molecule has 0 bridgehead atoms. The second-order valence-corrected chi connectivity index (χ2v) is 8.47. The van der Waals surface area contributed by atoms with Gasteiger partial charge in [0, 0.05) is 13.1 Å². The topological polar surface area (TPSA) is 82.1 Å². The number of carbonyl (C=O) groups excluding carboxylic acids is 1. The van der Waals surface area contributed by atoms with Crippen LogP contribution in [0.1, 0.15) is 30.1 Å². The number of benzene rings is 2. The van der Waals surface area contributed by atoms with Gasteiger partial charge in [-0.3, -0.25) is 0 Å². The summed E-state index contributed by atoms with van der Waals surface area (Å²) in [7, 11) is -3.57. The van der Waals surface area contributed by atoms with Gasteiger partial charge in [0.1, 0.15) is 24.7 Å². The summed E-state index contributed by atoms with van der Waals surface area (Å²) in [6.45, 7) is 3.77. The quantitative estimate of drug-likeness (QED) is 0.459. The van der Waals surface area contributed by atoms with Gasteiger partial charge in [0.15, 0.2) is 0 Å². The van der Waals surface area contributed by atoms with Gasteiger partial charge in [-0.05, 0) is 62.2 Å². The van der Waals surface area contributed by atoms with Crippen molar-refractivity contribution in [1.29, 1.82) is 0 Å². The molecule has 0 spiro atoms. The molecule has 1 heterocycles. The fraction of sp³-hybridized carbons (Fsp3) is 0.381. The minimum Gasteiger partial charge on any atom is -0.494 e. The molecule has 1 aliphatic rings. The van der Waals surface area contributed by atoms with Crippen LogP contribution in [0.3, 0.4) is 0 Å². The van der Waals surface area contributed by atoms with Crippen molar-refractivity contribution in [2.75, 3.05) is 32.9 Å². The molecule has 2 aromatic rings. The zero-order valence-electron chi connectivity index (χ0n) is 16.4. The summed E-state index contributed by atoms with van der Waals surface area (Å²) in [5.41, 5.74) is 0.200. The molecule has 8 heteroatoms. The van der Waals surface area contributed by atoms with Crippen molar-refractivity contribution in [3.63, 3.8) is 0 Å². The van der Waals surface area contributed by atoms with E-state index in [0.717, 1.165) is 18.6 Å². The third-order valence-electron chi connectivity index (χ3n) is 4.49. The zero-order chi connectivity index (χ0) is 20.7. The smallest absolute Gasteiger partial charge is 0.338 e. The molecule has 7 nitrogen and oxygen atoms in total. The second-order valence-electron chi connectivity index (χ2n) is 6.53. The van der Waals surface area contributed by atoms with Crippen LogP contribution in [-0.2, 0) is 14.8 Å². The predicted octanol–water partition coefficient (Wildman–Crippen LogP) is 3.11. The van der Waals surface area contributed by atoms with Gasteiger partial charge in [0.05, 0.1) is 17.1 Å². The minimum atomic E-state index is -3.57. The van der Waals surface area contributed by atoms with Crippen LogP contribution in [0.2, 0.25) is 0 Å². The molecule has 2 aromatic carbocycles. The van der Waals surface area contributed by atoms with E-state index in [-0.39, 0.29) is 23.7 Å². The molecule has 3 rings (SSSR count). The molecule has 0 amide bonds. The highest BCUT2D eigenvalue weighted by atomic mass is 32.2. The van der Waals surface area contributed by atoms with Crippen LogP contribution in [0.15, 0.2) is 53.4 Å². The summed E-state index contributed by atoms with van der Waals surface area (Å²) in [5.74, 6) is 0.817. The zero-order valence-corrected chi connectivity index (χ0v) is 17.2. The van der Waals surface area contributed by atoms with Crippen LogP contribution >= 0.6 is 0 Å². The van der Waals surface area contributed by atoms with Gasteiger partial charge in [-0.1, -0.05) is 6.07 Å². The van der Waals surface area contributed by atoms with Crippen molar-refractivity contribution in [3.8, 4) is 11.5 Å². The van der Waals surface area contributed by atoms with Crippen LogP contribution in [0.25, 0.3) is 0 Å². The lowest BCUT2D eigenvalue weighted by Crippen LogP contribution is -2.28. The second kappa shape index (κ2) is 9.76. The Morgan fingerprint density at radius 2 is 1.62 bits per heavy atom. The number of nitrogens with zero attached hydrogens (tertiary/aromatic N) is 1. The summed E-state index contributed by atoms with van der Waals surface area (Å²) in [5, 5.41) is 0. The van der Waals surface area contributed by atoms with Gasteiger partial charge in [0.2, 0.25) is 10.0 Å². The number of rotatable bonds is 9. The van der Waals surface area contributed by atoms with Gasteiger partial charge in [-0.2, -0.15) is 4.31 Å². The number of ether oxygens (including phenoxy) is 3. The highest BCUT2D eigenvalue weighted by Crippen LogP contribution is 2.22. The normalized spacial score (nSPS) is 14.5. The van der Waals surface area contributed by atoms with E-state index >= 15 is 0 Å². The molecular weight excluding hydrogens is 394 g/mol. The van der Waals surface area contributed by atoms with E-state index in [2.05, 4.69) is 0 Å². The molecule has 0 N–H and O–H groups in total. The minimum absolute atomic E-state index is 0.0507. The number of hydrogen-bond acceptors (Lipinski definition) is 6. The molecule has 29 heavy (non-hydrogen) atoms. The van der Waals surface area contributed by atoms with Crippen LogP contribution in [0.4, 0.5) is 0 Å². The average Bonchev–Trinajstić information content (AvgIpc) is 3.28. The van der Waals surface area contributed by atoms with Gasteiger partial charge in [0.25, 0.3) is 0 Å². The molecule has 0 saturated carbocycles. The molecule has 1 aliphatic heterocycles. The lowest BCUT2D eigenvalue weighted by Gasteiger charge is -2.15. The van der Waals surface area contributed by atoms with E-state index in [1.807, 2.05) is 6.92 Å². The first kappa shape index (κ1) is 21.1. The number of carbonyl (C=O) groups is 1. The summed E-state index contributed by atoms with van der Waals surface area (Å²) < 4.78 is 42.8. The molecule has 1 fully saturated rings. The maximum absolute atomic E-state index is 12.6. The van der Waals surface area contributed by atoms with Crippen molar-refractivity contribution in [2.45, 2.75) is 24.7 Å². The first-order chi connectivity index (χ1) is 14.0. The Kier molecular flexibility index (Phi) is 7.11. The van der Waals surface area contributed by atoms with E-state index in [1.165, 1.54) is 16.4 Å². The lowest BCUT2D eigenvalue weighted by atomic mass is 10.2. The maximum Gasteiger partial charge on any atom is 0.338 e. The van der Waals surface area contributed by atoms with Crippen molar-refractivity contribution in [2.24, 2.45) is 0 Å². The maximum atomic E-state index is 12.6. The Balaban J connectivity index is 1.52. The standard InChI is InChI=1S/C21H25NO6S/c1-2-26-18-8-10-19(11-9-18)27-14-15-28-21(23)17-6-5-7-20(16-17)29(24,25)22-12-3-4-13-22/h5-11,16H,2-4,12-15H2,1H3. The average molecular weight is 419 g/mol. The van der Waals surface area contributed by atoms with Crippen LogP contribution in [0, 0.1) is 0 Å². The molecule has 0 radical (unpaired) electrons. The largest absolute Gasteiger partial charge is 0.494 e. The van der Waals surface area contributed by atoms with Crippen LogP contribution in [0.5, 0.6) is 11.5 Å².